The van der Waals surface area contributed by atoms with Crippen molar-refractivity contribution in [3.8, 4) is 0 Å². The molecule has 4 aliphatic rings. The van der Waals surface area contributed by atoms with E-state index in [9.17, 15) is 4.79 Å². The van der Waals surface area contributed by atoms with Crippen LogP contribution in [0.1, 0.15) is 58.8 Å². The Morgan fingerprint density at radius 1 is 1.17 bits per heavy atom. The van der Waals surface area contributed by atoms with Crippen LogP contribution in [0.15, 0.2) is 11.4 Å². The molecule has 0 spiro atoms. The van der Waals surface area contributed by atoms with Gasteiger partial charge in [0.25, 0.3) is 5.91 Å². The molecule has 2 heterocycles. The summed E-state index contributed by atoms with van der Waals surface area (Å²) in [5, 5.41) is 15.5. The second-order valence-corrected chi connectivity index (χ2v) is 9.89. The third-order valence-corrected chi connectivity index (χ3v) is 8.31. The van der Waals surface area contributed by atoms with Crippen molar-refractivity contribution in [3.05, 3.63) is 26.9 Å². The van der Waals surface area contributed by atoms with Crippen LogP contribution in [0, 0.1) is 24.7 Å². The highest BCUT2D eigenvalue weighted by molar-refractivity contribution is 7.16. The third-order valence-electron chi connectivity index (χ3n) is 6.21. The molecule has 2 aromatic heterocycles. The molecule has 4 nitrogen and oxygen atoms in total. The Morgan fingerprint density at radius 2 is 1.83 bits per heavy atom. The van der Waals surface area contributed by atoms with Gasteiger partial charge in [0.15, 0.2) is 0 Å². The normalized spacial score (nSPS) is 33.8. The first-order valence-electron chi connectivity index (χ1n) is 8.81. The molecule has 0 radical (unpaired) electrons. The monoisotopic (exact) mass is 359 g/mol. The smallest absolute Gasteiger partial charge is 0.267 e. The summed E-state index contributed by atoms with van der Waals surface area (Å²) in [4.78, 5) is 13.2. The predicted octanol–water partition coefficient (Wildman–Crippen LogP) is 4.63. The fourth-order valence-electron chi connectivity index (χ4n) is 5.62. The van der Waals surface area contributed by atoms with Crippen molar-refractivity contribution in [3.63, 3.8) is 0 Å². The molecule has 0 unspecified atom stereocenters. The van der Waals surface area contributed by atoms with E-state index in [2.05, 4.69) is 15.5 Å². The Morgan fingerprint density at radius 3 is 2.42 bits per heavy atom. The highest BCUT2D eigenvalue weighted by atomic mass is 32.1. The van der Waals surface area contributed by atoms with Gasteiger partial charge in [0.2, 0.25) is 5.13 Å². The zero-order chi connectivity index (χ0) is 16.3. The lowest BCUT2D eigenvalue weighted by molar-refractivity contribution is -0.00555. The van der Waals surface area contributed by atoms with E-state index in [-0.39, 0.29) is 11.3 Å². The molecule has 0 atom stereocenters. The van der Waals surface area contributed by atoms with E-state index < -0.39 is 0 Å². The number of nitrogens with one attached hydrogen (secondary N) is 1. The van der Waals surface area contributed by atoms with Crippen LogP contribution >= 0.6 is 22.7 Å². The second kappa shape index (κ2) is 5.36. The Hall–Kier alpha value is -1.27. The first-order valence-corrected chi connectivity index (χ1v) is 10.5. The van der Waals surface area contributed by atoms with Crippen molar-refractivity contribution in [1.82, 2.24) is 10.2 Å². The summed E-state index contributed by atoms with van der Waals surface area (Å²) < 4.78 is 0. The van der Waals surface area contributed by atoms with Gasteiger partial charge in [-0.05, 0) is 80.2 Å². The Bertz CT molecular complexity index is 759. The number of amides is 1. The zero-order valence-electron chi connectivity index (χ0n) is 13.7. The minimum Gasteiger partial charge on any atom is -0.296 e. The molecule has 126 valence electrons. The maximum Gasteiger partial charge on any atom is 0.267 e. The highest BCUT2D eigenvalue weighted by Crippen LogP contribution is 2.61. The van der Waals surface area contributed by atoms with Gasteiger partial charge < -0.3 is 0 Å². The Labute approximate surface area is 149 Å². The average Bonchev–Trinajstić information content (AvgIpc) is 3.15. The second-order valence-electron chi connectivity index (χ2n) is 8.00. The van der Waals surface area contributed by atoms with Crippen LogP contribution < -0.4 is 5.32 Å². The van der Waals surface area contributed by atoms with E-state index in [0.717, 1.165) is 28.2 Å². The molecule has 6 heteroatoms. The summed E-state index contributed by atoms with van der Waals surface area (Å²) in [5.41, 5.74) is 1.28. The van der Waals surface area contributed by atoms with Gasteiger partial charge in [-0.2, -0.15) is 0 Å². The first-order chi connectivity index (χ1) is 11.6. The Kier molecular flexibility index (Phi) is 3.36. The molecular weight excluding hydrogens is 338 g/mol. The standard InChI is InChI=1S/C18H21N3OS2/c1-10-2-3-23-14(10)15(22)19-17-21-20-16(24-17)18-7-11-4-12(8-18)6-13(5-11)9-18/h2-3,11-13H,4-9H2,1H3,(H,19,21,22). The molecule has 4 fully saturated rings. The van der Waals surface area contributed by atoms with E-state index >= 15 is 0 Å². The highest BCUT2D eigenvalue weighted by Gasteiger charge is 2.53. The number of carbonyl (C=O) groups is 1. The first kappa shape index (κ1) is 15.0. The molecule has 1 N–H and O–H groups in total. The van der Waals surface area contributed by atoms with Crippen molar-refractivity contribution < 1.29 is 4.79 Å². The number of aromatic nitrogens is 2. The number of rotatable bonds is 3. The molecule has 1 amide bonds. The molecule has 4 aliphatic carbocycles. The average molecular weight is 360 g/mol. The lowest BCUT2D eigenvalue weighted by Crippen LogP contribution is -2.48. The largest absolute Gasteiger partial charge is 0.296 e. The van der Waals surface area contributed by atoms with Gasteiger partial charge in [-0.1, -0.05) is 11.3 Å². The van der Waals surface area contributed by atoms with Crippen LogP contribution in [0.4, 0.5) is 5.13 Å². The van der Waals surface area contributed by atoms with Gasteiger partial charge in [0, 0.05) is 5.41 Å². The van der Waals surface area contributed by atoms with Gasteiger partial charge >= 0.3 is 0 Å². The van der Waals surface area contributed by atoms with Crippen LogP contribution in [0.25, 0.3) is 0 Å². The lowest BCUT2D eigenvalue weighted by atomic mass is 9.50. The van der Waals surface area contributed by atoms with Crippen molar-refractivity contribution in [2.24, 2.45) is 17.8 Å². The summed E-state index contributed by atoms with van der Waals surface area (Å²) in [6, 6.07) is 1.97. The Balaban J connectivity index is 1.38. The molecule has 4 bridgehead atoms. The van der Waals surface area contributed by atoms with Crippen LogP contribution in [-0.4, -0.2) is 16.1 Å². The van der Waals surface area contributed by atoms with Gasteiger partial charge in [0.05, 0.1) is 4.88 Å². The fourth-order valence-corrected chi connectivity index (χ4v) is 7.40. The van der Waals surface area contributed by atoms with Crippen molar-refractivity contribution in [2.75, 3.05) is 5.32 Å². The van der Waals surface area contributed by atoms with Crippen LogP contribution in [-0.2, 0) is 5.41 Å². The molecule has 4 saturated carbocycles. The minimum absolute atomic E-state index is 0.0595. The topological polar surface area (TPSA) is 54.9 Å². The quantitative estimate of drug-likeness (QED) is 0.869. The van der Waals surface area contributed by atoms with Crippen LogP contribution in [0.5, 0.6) is 0 Å². The van der Waals surface area contributed by atoms with E-state index in [1.807, 2.05) is 18.4 Å². The van der Waals surface area contributed by atoms with E-state index in [4.69, 9.17) is 0 Å². The van der Waals surface area contributed by atoms with Gasteiger partial charge in [-0.3, -0.25) is 10.1 Å². The molecular formula is C18H21N3OS2. The number of aryl methyl sites for hydroxylation is 1. The third kappa shape index (κ3) is 2.34. The number of hydrogen-bond acceptors (Lipinski definition) is 5. The molecule has 0 saturated heterocycles. The zero-order valence-corrected chi connectivity index (χ0v) is 15.4. The lowest BCUT2D eigenvalue weighted by Gasteiger charge is -2.55. The van der Waals surface area contributed by atoms with E-state index in [1.54, 1.807) is 11.3 Å². The van der Waals surface area contributed by atoms with Gasteiger partial charge in [-0.25, -0.2) is 0 Å². The summed E-state index contributed by atoms with van der Waals surface area (Å²) >= 11 is 3.08. The van der Waals surface area contributed by atoms with E-state index in [0.29, 0.717) is 5.13 Å². The SMILES string of the molecule is Cc1ccsc1C(=O)Nc1nnc(C23CC4CC(CC(C4)C2)C3)s1. The summed E-state index contributed by atoms with van der Waals surface area (Å²) in [5.74, 6) is 2.63. The predicted molar refractivity (Wildman–Crippen MR) is 96.8 cm³/mol. The number of nitrogens with zero attached hydrogens (tertiary/aromatic N) is 2. The van der Waals surface area contributed by atoms with Crippen molar-refractivity contribution in [2.45, 2.75) is 50.9 Å². The van der Waals surface area contributed by atoms with Crippen molar-refractivity contribution in [1.29, 1.82) is 0 Å². The molecule has 0 aliphatic heterocycles. The minimum atomic E-state index is -0.0595. The number of hydrogen-bond donors (Lipinski definition) is 1. The maximum atomic E-state index is 12.4. The summed E-state index contributed by atoms with van der Waals surface area (Å²) in [6.45, 7) is 1.96. The summed E-state index contributed by atoms with van der Waals surface area (Å²) in [7, 11) is 0. The molecule has 2 aromatic rings. The molecule has 0 aromatic carbocycles. The molecule has 24 heavy (non-hydrogen) atoms. The number of carbonyl (C=O) groups excluding carboxylic acids is 1. The molecule has 6 rings (SSSR count). The van der Waals surface area contributed by atoms with Gasteiger partial charge in [-0.15, -0.1) is 21.5 Å². The van der Waals surface area contributed by atoms with Crippen LogP contribution in [0.2, 0.25) is 0 Å². The van der Waals surface area contributed by atoms with E-state index in [1.165, 1.54) is 54.9 Å². The summed E-state index contributed by atoms with van der Waals surface area (Å²) in [6.07, 6.45) is 8.14. The van der Waals surface area contributed by atoms with Crippen LogP contribution in [0.3, 0.4) is 0 Å². The number of anilines is 1. The maximum absolute atomic E-state index is 12.4. The fraction of sp³-hybridized carbons (Fsp3) is 0.611. The van der Waals surface area contributed by atoms with Crippen molar-refractivity contribution >= 4 is 33.7 Å². The number of thiophene rings is 1. The van der Waals surface area contributed by atoms with Gasteiger partial charge in [0.1, 0.15) is 5.01 Å².